The summed E-state index contributed by atoms with van der Waals surface area (Å²) in [6, 6.07) is 0.729. The Morgan fingerprint density at radius 2 is 2.00 bits per heavy atom. The second kappa shape index (κ2) is 8.11. The van der Waals surface area contributed by atoms with Gasteiger partial charge < -0.3 is 10.2 Å². The highest BCUT2D eigenvalue weighted by Gasteiger charge is 2.39. The molecule has 112 valence electrons. The molecule has 1 aliphatic carbocycles. The van der Waals surface area contributed by atoms with Crippen molar-refractivity contribution < 1.29 is 4.79 Å². The molecule has 0 aromatic carbocycles. The third kappa shape index (κ3) is 4.09. The van der Waals surface area contributed by atoms with Gasteiger partial charge in [-0.15, -0.1) is 12.4 Å². The summed E-state index contributed by atoms with van der Waals surface area (Å²) < 4.78 is 0. The molecule has 1 heterocycles. The van der Waals surface area contributed by atoms with Gasteiger partial charge in [0, 0.05) is 19.1 Å². The van der Waals surface area contributed by atoms with Gasteiger partial charge in [0.2, 0.25) is 5.91 Å². The molecule has 1 aliphatic heterocycles. The predicted molar refractivity (Wildman–Crippen MR) is 81.7 cm³/mol. The fourth-order valence-corrected chi connectivity index (χ4v) is 3.50. The number of rotatable bonds is 5. The molecule has 0 bridgehead atoms. The van der Waals surface area contributed by atoms with Crippen molar-refractivity contribution in [2.75, 3.05) is 13.1 Å². The zero-order chi connectivity index (χ0) is 13.0. The molecule has 3 nitrogen and oxygen atoms in total. The predicted octanol–water partition coefficient (Wildman–Crippen LogP) is 2.98. The van der Waals surface area contributed by atoms with E-state index in [4.69, 9.17) is 0 Å². The number of amides is 1. The number of halogens is 1. The fraction of sp³-hybridized carbons (Fsp3) is 0.933. The average Bonchev–Trinajstić information content (AvgIpc) is 2.83. The van der Waals surface area contributed by atoms with Crippen molar-refractivity contribution >= 4 is 18.3 Å². The molecule has 0 spiro atoms. The van der Waals surface area contributed by atoms with E-state index in [-0.39, 0.29) is 18.4 Å². The lowest BCUT2D eigenvalue weighted by atomic mass is 9.85. The molecular formula is C15H29ClN2O. The van der Waals surface area contributed by atoms with Gasteiger partial charge in [-0.3, -0.25) is 4.79 Å². The van der Waals surface area contributed by atoms with E-state index in [2.05, 4.69) is 19.2 Å². The largest absolute Gasteiger partial charge is 0.342 e. The number of likely N-dealkylation sites (N-methyl/N-ethyl adjacent to an activating group) is 1. The zero-order valence-electron chi connectivity index (χ0n) is 12.4. The molecule has 2 fully saturated rings. The minimum absolute atomic E-state index is 0. The Morgan fingerprint density at radius 3 is 2.63 bits per heavy atom. The van der Waals surface area contributed by atoms with Gasteiger partial charge in [-0.05, 0) is 38.5 Å². The normalized spacial score (nSPS) is 29.5. The number of nitrogens with one attached hydrogen (secondary N) is 1. The molecule has 0 aromatic heterocycles. The summed E-state index contributed by atoms with van der Waals surface area (Å²) in [5, 5.41) is 3.59. The maximum atomic E-state index is 12.5. The van der Waals surface area contributed by atoms with Crippen LogP contribution in [0.15, 0.2) is 0 Å². The first kappa shape index (κ1) is 16.8. The number of hydrogen-bond acceptors (Lipinski definition) is 2. The first-order valence-corrected chi connectivity index (χ1v) is 7.81. The summed E-state index contributed by atoms with van der Waals surface area (Å²) in [6.07, 6.45) is 8.65. The summed E-state index contributed by atoms with van der Waals surface area (Å²) in [7, 11) is 0. The minimum Gasteiger partial charge on any atom is -0.342 e. The van der Waals surface area contributed by atoms with Gasteiger partial charge in [-0.25, -0.2) is 0 Å². The molecule has 1 N–H and O–H groups in total. The van der Waals surface area contributed by atoms with Gasteiger partial charge in [0.05, 0.1) is 6.04 Å². The third-order valence-corrected chi connectivity index (χ3v) is 4.64. The van der Waals surface area contributed by atoms with Crippen molar-refractivity contribution in [1.82, 2.24) is 10.2 Å². The lowest BCUT2D eigenvalue weighted by Crippen LogP contribution is -2.45. The van der Waals surface area contributed by atoms with Crippen molar-refractivity contribution in [2.24, 2.45) is 5.92 Å². The smallest absolute Gasteiger partial charge is 0.239 e. The van der Waals surface area contributed by atoms with Gasteiger partial charge >= 0.3 is 0 Å². The zero-order valence-corrected chi connectivity index (χ0v) is 13.2. The van der Waals surface area contributed by atoms with Crippen molar-refractivity contribution in [3.8, 4) is 0 Å². The van der Waals surface area contributed by atoms with Crippen molar-refractivity contribution in [3.05, 3.63) is 0 Å². The van der Waals surface area contributed by atoms with E-state index in [9.17, 15) is 4.79 Å². The lowest BCUT2D eigenvalue weighted by Gasteiger charge is -2.25. The van der Waals surface area contributed by atoms with Gasteiger partial charge in [-0.2, -0.15) is 0 Å². The number of unbranched alkanes of at least 4 members (excludes halogenated alkanes) is 1. The number of carbonyl (C=O) groups excluding carboxylic acids is 1. The molecule has 3 atom stereocenters. The van der Waals surface area contributed by atoms with E-state index < -0.39 is 0 Å². The van der Waals surface area contributed by atoms with Crippen LogP contribution in [0.2, 0.25) is 0 Å². The first-order chi connectivity index (χ1) is 8.76. The van der Waals surface area contributed by atoms with E-state index in [0.29, 0.717) is 11.9 Å². The van der Waals surface area contributed by atoms with Crippen LogP contribution >= 0.6 is 12.4 Å². The summed E-state index contributed by atoms with van der Waals surface area (Å²) in [5.74, 6) is 1.11. The van der Waals surface area contributed by atoms with Gasteiger partial charge in [0.25, 0.3) is 0 Å². The molecule has 1 amide bonds. The first-order valence-electron chi connectivity index (χ1n) is 7.81. The standard InChI is InChI=1S/C15H28N2O.ClH/c1-3-5-10-17(4-2)15(18)14-11-12-8-6-7-9-13(12)16-14;/h12-14,16H,3-11H2,1-2H3;1H. The SMILES string of the molecule is CCCCN(CC)C(=O)C1CC2CCCCC2N1.Cl. The van der Waals surface area contributed by atoms with Gasteiger partial charge in [0.1, 0.15) is 0 Å². The van der Waals surface area contributed by atoms with E-state index in [0.717, 1.165) is 38.3 Å². The Bertz CT molecular complexity index is 271. The van der Waals surface area contributed by atoms with E-state index in [1.165, 1.54) is 25.7 Å². The Morgan fingerprint density at radius 1 is 1.26 bits per heavy atom. The molecule has 1 saturated carbocycles. The summed E-state index contributed by atoms with van der Waals surface area (Å²) >= 11 is 0. The van der Waals surface area contributed by atoms with Crippen LogP contribution in [0.25, 0.3) is 0 Å². The third-order valence-electron chi connectivity index (χ3n) is 4.64. The summed E-state index contributed by atoms with van der Waals surface area (Å²) in [6.45, 7) is 6.06. The van der Waals surface area contributed by atoms with Crippen molar-refractivity contribution in [1.29, 1.82) is 0 Å². The Hall–Kier alpha value is -0.280. The second-order valence-electron chi connectivity index (χ2n) is 5.88. The molecule has 2 aliphatic rings. The monoisotopic (exact) mass is 288 g/mol. The molecule has 3 unspecified atom stereocenters. The van der Waals surface area contributed by atoms with Crippen LogP contribution in [0.1, 0.15) is 58.8 Å². The highest BCUT2D eigenvalue weighted by molar-refractivity contribution is 5.85. The second-order valence-corrected chi connectivity index (χ2v) is 5.88. The minimum atomic E-state index is 0. The summed E-state index contributed by atoms with van der Waals surface area (Å²) in [5.41, 5.74) is 0. The summed E-state index contributed by atoms with van der Waals surface area (Å²) in [4.78, 5) is 14.5. The topological polar surface area (TPSA) is 32.3 Å². The lowest BCUT2D eigenvalue weighted by molar-refractivity contribution is -0.133. The van der Waals surface area contributed by atoms with E-state index in [1.807, 2.05) is 4.90 Å². The number of hydrogen-bond donors (Lipinski definition) is 1. The molecule has 4 heteroatoms. The molecule has 0 radical (unpaired) electrons. The van der Waals surface area contributed by atoms with Crippen LogP contribution in [0.3, 0.4) is 0 Å². The number of nitrogens with zero attached hydrogens (tertiary/aromatic N) is 1. The molecule has 0 aromatic rings. The molecule has 2 rings (SSSR count). The van der Waals surface area contributed by atoms with Crippen molar-refractivity contribution in [3.63, 3.8) is 0 Å². The van der Waals surface area contributed by atoms with Crippen LogP contribution < -0.4 is 5.32 Å². The number of fused-ring (bicyclic) bond motifs is 1. The maximum Gasteiger partial charge on any atom is 0.239 e. The van der Waals surface area contributed by atoms with Gasteiger partial charge in [-0.1, -0.05) is 26.2 Å². The molecule has 19 heavy (non-hydrogen) atoms. The van der Waals surface area contributed by atoms with E-state index >= 15 is 0 Å². The maximum absolute atomic E-state index is 12.5. The highest BCUT2D eigenvalue weighted by atomic mass is 35.5. The van der Waals surface area contributed by atoms with Crippen LogP contribution in [0.4, 0.5) is 0 Å². The van der Waals surface area contributed by atoms with Crippen LogP contribution in [0, 0.1) is 5.92 Å². The highest BCUT2D eigenvalue weighted by Crippen LogP contribution is 2.33. The fourth-order valence-electron chi connectivity index (χ4n) is 3.50. The number of carbonyl (C=O) groups is 1. The molecule has 1 saturated heterocycles. The van der Waals surface area contributed by atoms with Crippen LogP contribution in [-0.2, 0) is 4.79 Å². The van der Waals surface area contributed by atoms with Crippen molar-refractivity contribution in [2.45, 2.75) is 70.9 Å². The Balaban J connectivity index is 0.00000180. The van der Waals surface area contributed by atoms with Crippen LogP contribution in [0.5, 0.6) is 0 Å². The molecular weight excluding hydrogens is 260 g/mol. The quantitative estimate of drug-likeness (QED) is 0.843. The Kier molecular flexibility index (Phi) is 7.16. The Labute approximate surface area is 123 Å². The van der Waals surface area contributed by atoms with E-state index in [1.54, 1.807) is 0 Å². The van der Waals surface area contributed by atoms with Gasteiger partial charge in [0.15, 0.2) is 0 Å². The van der Waals surface area contributed by atoms with Crippen LogP contribution in [-0.4, -0.2) is 36.0 Å². The average molecular weight is 289 g/mol.